The van der Waals surface area contributed by atoms with Crippen molar-refractivity contribution in [1.29, 1.82) is 0 Å². The highest BCUT2D eigenvalue weighted by Crippen LogP contribution is 2.19. The normalized spacial score (nSPS) is 12.7. The molecule has 2 unspecified atom stereocenters. The molecule has 0 bridgehead atoms. The fraction of sp³-hybridized carbons (Fsp3) is 0.931. The number of hydrogen-bond donors (Lipinski definition) is 0. The number of carboxylic acids is 1. The lowest BCUT2D eigenvalue weighted by molar-refractivity contribution is -0.870. The van der Waals surface area contributed by atoms with Crippen molar-refractivity contribution in [3.8, 4) is 0 Å². The number of allylic oxidation sites excluding steroid dienone is 2. The number of carbonyl (C=O) groups is 3. The number of likely N-dealkylation sites (N-methyl/N-ethyl adjacent to an activating group) is 1. The van der Waals surface area contributed by atoms with E-state index in [1.807, 2.05) is 21.1 Å². The van der Waals surface area contributed by atoms with Crippen LogP contribution in [0.5, 0.6) is 0 Å². The number of carbonyl (C=O) groups excluding carboxylic acids is 3. The van der Waals surface area contributed by atoms with Gasteiger partial charge in [0.1, 0.15) is 13.2 Å². The van der Waals surface area contributed by atoms with Crippen LogP contribution in [0.15, 0.2) is 12.2 Å². The first-order valence-electron chi connectivity index (χ1n) is 35.8. The van der Waals surface area contributed by atoms with Crippen LogP contribution in [-0.2, 0) is 33.3 Å². The Hall–Kier alpha value is -1.97. The molecule has 0 aliphatic heterocycles. The largest absolute Gasteiger partial charge is 0.545 e. The third-order valence-corrected chi connectivity index (χ3v) is 16.5. The lowest BCUT2D eigenvalue weighted by Gasteiger charge is -2.26. The quantitative estimate of drug-likeness (QED) is 0.0195. The number of carboxylic acid groups (broad SMARTS) is 1. The molecule has 0 aromatic heterocycles. The summed E-state index contributed by atoms with van der Waals surface area (Å²) in [5.41, 5.74) is 0. The molecule has 0 aromatic carbocycles. The average molecular weight is 1150 g/mol. The lowest BCUT2D eigenvalue weighted by Crippen LogP contribution is -2.44. The van der Waals surface area contributed by atoms with Gasteiger partial charge in [-0.2, -0.15) is 0 Å². The molecule has 0 heterocycles. The predicted molar refractivity (Wildman–Crippen MR) is 343 cm³/mol. The molecule has 9 heteroatoms. The smallest absolute Gasteiger partial charge is 0.306 e. The second-order valence-corrected chi connectivity index (χ2v) is 25.9. The Morgan fingerprint density at radius 3 is 0.914 bits per heavy atom. The highest BCUT2D eigenvalue weighted by atomic mass is 16.7. The molecule has 81 heavy (non-hydrogen) atoms. The molecule has 0 amide bonds. The van der Waals surface area contributed by atoms with Crippen molar-refractivity contribution in [2.24, 2.45) is 0 Å². The molecule has 9 nitrogen and oxygen atoms in total. The van der Waals surface area contributed by atoms with E-state index in [1.54, 1.807) is 0 Å². The molecule has 0 fully saturated rings. The Kier molecular flexibility index (Phi) is 62.5. The second-order valence-electron chi connectivity index (χ2n) is 25.9. The highest BCUT2D eigenvalue weighted by molar-refractivity contribution is 5.70. The van der Waals surface area contributed by atoms with Gasteiger partial charge in [0.25, 0.3) is 0 Å². The van der Waals surface area contributed by atoms with Gasteiger partial charge in [-0.3, -0.25) is 9.59 Å². The van der Waals surface area contributed by atoms with Gasteiger partial charge < -0.3 is 33.3 Å². The van der Waals surface area contributed by atoms with Crippen LogP contribution in [0.4, 0.5) is 0 Å². The third kappa shape index (κ3) is 65.4. The van der Waals surface area contributed by atoms with Crippen LogP contribution in [0.1, 0.15) is 373 Å². The summed E-state index contributed by atoms with van der Waals surface area (Å²) in [5.74, 6) is -2.25. The van der Waals surface area contributed by atoms with E-state index in [-0.39, 0.29) is 32.2 Å². The minimum atomic E-state index is -1.62. The third-order valence-electron chi connectivity index (χ3n) is 16.5. The summed E-state index contributed by atoms with van der Waals surface area (Å²) in [6.45, 7) is 4.83. The fourth-order valence-electron chi connectivity index (χ4n) is 11.0. The molecular weight excluding hydrogens is 1010 g/mol. The van der Waals surface area contributed by atoms with E-state index in [1.165, 1.54) is 308 Å². The minimum Gasteiger partial charge on any atom is -0.545 e. The maximum atomic E-state index is 12.9. The molecule has 2 atom stereocenters. The molecular formula is C72H139NO8. The molecule has 0 aromatic rings. The molecule has 0 spiro atoms. The standard InChI is InChI=1S/C72H139NO8/c1-6-8-10-12-14-16-18-20-22-24-26-28-30-32-33-34-35-36-37-39-41-43-45-47-49-51-53-55-57-59-61-63-70(75)81-68(67-80-72(71(76)77)78-65-64-73(3,4)5)66-79-69(74)62-60-58-56-54-52-50-48-46-44-42-40-38-31-29-27-25-23-21-19-17-15-13-11-9-7-2/h24,26,68,72H,6-23,25,27-67H2,1-5H3/b26-24-. The van der Waals surface area contributed by atoms with Gasteiger partial charge in [-0.15, -0.1) is 0 Å². The van der Waals surface area contributed by atoms with Crippen molar-refractivity contribution in [3.63, 3.8) is 0 Å². The van der Waals surface area contributed by atoms with Crippen molar-refractivity contribution in [3.05, 3.63) is 12.2 Å². The van der Waals surface area contributed by atoms with E-state index in [2.05, 4.69) is 26.0 Å². The van der Waals surface area contributed by atoms with Crippen molar-refractivity contribution in [1.82, 2.24) is 0 Å². The van der Waals surface area contributed by atoms with Crippen LogP contribution in [0, 0.1) is 0 Å². The van der Waals surface area contributed by atoms with E-state index in [9.17, 15) is 19.5 Å². The Balaban J connectivity index is 4.04. The first kappa shape index (κ1) is 79.0. The van der Waals surface area contributed by atoms with Crippen LogP contribution in [0.2, 0.25) is 0 Å². The van der Waals surface area contributed by atoms with Crippen LogP contribution >= 0.6 is 0 Å². The van der Waals surface area contributed by atoms with Gasteiger partial charge >= 0.3 is 11.9 Å². The number of quaternary nitrogens is 1. The number of unbranched alkanes of at least 4 members (excludes halogenated alkanes) is 51. The number of esters is 2. The summed E-state index contributed by atoms with van der Waals surface area (Å²) >= 11 is 0. The first-order valence-corrected chi connectivity index (χ1v) is 35.8. The zero-order valence-electron chi connectivity index (χ0n) is 54.9. The van der Waals surface area contributed by atoms with Crippen molar-refractivity contribution < 1.29 is 42.9 Å². The number of rotatable bonds is 68. The number of nitrogens with zero attached hydrogens (tertiary/aromatic N) is 1. The van der Waals surface area contributed by atoms with Gasteiger partial charge in [0, 0.05) is 12.8 Å². The van der Waals surface area contributed by atoms with Gasteiger partial charge in [-0.1, -0.05) is 334 Å². The topological polar surface area (TPSA) is 111 Å². The molecule has 0 aliphatic rings. The van der Waals surface area contributed by atoms with Crippen LogP contribution in [0.3, 0.4) is 0 Å². The molecule has 0 rings (SSSR count). The van der Waals surface area contributed by atoms with Crippen LogP contribution in [0.25, 0.3) is 0 Å². The van der Waals surface area contributed by atoms with Crippen LogP contribution < -0.4 is 5.11 Å². The van der Waals surface area contributed by atoms with Gasteiger partial charge in [-0.05, 0) is 38.5 Å². The van der Waals surface area contributed by atoms with E-state index in [0.29, 0.717) is 17.4 Å². The maximum Gasteiger partial charge on any atom is 0.306 e. The minimum absolute atomic E-state index is 0.153. The van der Waals surface area contributed by atoms with Crippen molar-refractivity contribution in [2.75, 3.05) is 47.5 Å². The highest BCUT2D eigenvalue weighted by Gasteiger charge is 2.22. The Morgan fingerprint density at radius 1 is 0.358 bits per heavy atom. The van der Waals surface area contributed by atoms with Gasteiger partial charge in [-0.25, -0.2) is 0 Å². The first-order chi connectivity index (χ1) is 39.6. The molecule has 0 N–H and O–H groups in total. The van der Waals surface area contributed by atoms with Crippen molar-refractivity contribution in [2.45, 2.75) is 386 Å². The fourth-order valence-corrected chi connectivity index (χ4v) is 11.0. The molecule has 0 saturated carbocycles. The molecule has 0 saturated heterocycles. The van der Waals surface area contributed by atoms with E-state index in [0.717, 1.165) is 38.5 Å². The lowest BCUT2D eigenvalue weighted by atomic mass is 10.0. The zero-order valence-corrected chi connectivity index (χ0v) is 54.9. The van der Waals surface area contributed by atoms with Gasteiger partial charge in [0.2, 0.25) is 0 Å². The molecule has 0 radical (unpaired) electrons. The predicted octanol–water partition coefficient (Wildman–Crippen LogP) is 20.7. The van der Waals surface area contributed by atoms with E-state index < -0.39 is 24.3 Å². The van der Waals surface area contributed by atoms with E-state index >= 15 is 0 Å². The Morgan fingerprint density at radius 2 is 0.630 bits per heavy atom. The molecule has 0 aliphatic carbocycles. The monoisotopic (exact) mass is 1150 g/mol. The maximum absolute atomic E-state index is 12.9. The summed E-state index contributed by atoms with van der Waals surface area (Å²) in [7, 11) is 5.95. The second kappa shape index (κ2) is 64.0. The van der Waals surface area contributed by atoms with Gasteiger partial charge in [0.15, 0.2) is 12.4 Å². The molecule has 480 valence electrons. The summed E-state index contributed by atoms with van der Waals surface area (Å²) in [6, 6.07) is 0. The summed E-state index contributed by atoms with van der Waals surface area (Å²) in [5, 5.41) is 11.8. The van der Waals surface area contributed by atoms with E-state index in [4.69, 9.17) is 18.9 Å². The average Bonchev–Trinajstić information content (AvgIpc) is 3.44. The van der Waals surface area contributed by atoms with Gasteiger partial charge in [0.05, 0.1) is 40.3 Å². The SMILES string of the molecule is CCCCCCCCCC/C=C\CCCCCCCCCCCCCCCCCCCCCC(=O)OC(COC(=O)CCCCCCCCCCCCCCCCCCCCCCCCCCC)COC(OCC[N+](C)(C)C)C(=O)[O-]. The van der Waals surface area contributed by atoms with Crippen molar-refractivity contribution >= 4 is 17.9 Å². The number of ether oxygens (including phenoxy) is 4. The zero-order chi connectivity index (χ0) is 59.1. The summed E-state index contributed by atoms with van der Waals surface area (Å²) in [4.78, 5) is 37.5. The summed E-state index contributed by atoms with van der Waals surface area (Å²) in [6.07, 6.45) is 74.5. The number of hydrogen-bond acceptors (Lipinski definition) is 8. The Bertz CT molecular complexity index is 1330. The number of aliphatic carboxylic acids is 1. The van der Waals surface area contributed by atoms with Crippen LogP contribution in [-0.4, -0.2) is 82.3 Å². The summed E-state index contributed by atoms with van der Waals surface area (Å²) < 4.78 is 22.8. The Labute approximate surface area is 504 Å².